The minimum absolute atomic E-state index is 0.203. The zero-order chi connectivity index (χ0) is 15.7. The van der Waals surface area contributed by atoms with E-state index in [1.807, 2.05) is 0 Å². The van der Waals surface area contributed by atoms with Gasteiger partial charge in [-0.05, 0) is 17.7 Å². The molecule has 112 valence electrons. The first-order valence-corrected chi connectivity index (χ1v) is 8.75. The van der Waals surface area contributed by atoms with Gasteiger partial charge in [-0.15, -0.1) is 11.8 Å². The van der Waals surface area contributed by atoms with Crippen molar-refractivity contribution in [3.63, 3.8) is 0 Å². The van der Waals surface area contributed by atoms with E-state index in [1.54, 1.807) is 30.5 Å². The fourth-order valence-corrected chi connectivity index (χ4v) is 4.28. The Morgan fingerprint density at radius 1 is 1.27 bits per heavy atom. The normalized spacial score (nSPS) is 14.3. The molecule has 1 aromatic carbocycles. The largest absolute Gasteiger partial charge is 0.360 e. The number of pyridine rings is 1. The van der Waals surface area contributed by atoms with Gasteiger partial charge in [0.1, 0.15) is 0 Å². The number of aromatic nitrogens is 1. The minimum atomic E-state index is -4.31. The molecule has 0 unspecified atom stereocenters. The highest BCUT2D eigenvalue weighted by Crippen LogP contribution is 2.41. The van der Waals surface area contributed by atoms with Gasteiger partial charge < -0.3 is 0 Å². The molecule has 1 aliphatic heterocycles. The van der Waals surface area contributed by atoms with Gasteiger partial charge in [-0.25, -0.2) is 4.31 Å². The predicted molar refractivity (Wildman–Crippen MR) is 84.0 cm³/mol. The number of thioether (sulfide) groups is 1. The number of benzene rings is 1. The zero-order valence-corrected chi connectivity index (χ0v) is 12.9. The second-order valence-electron chi connectivity index (χ2n) is 4.62. The summed E-state index contributed by atoms with van der Waals surface area (Å²) in [5, 5.41) is 8.85. The van der Waals surface area contributed by atoms with E-state index >= 15 is 0 Å². The van der Waals surface area contributed by atoms with E-state index in [1.165, 1.54) is 18.0 Å². The SMILES string of the molecule is N#Cc1ccc(-c2cncc3c2SCCN3S(=O)(=O)O)cc1. The molecular formula is C14H11N3O3S2. The topological polar surface area (TPSA) is 94.3 Å². The fraction of sp³-hybridized carbons (Fsp3) is 0.143. The summed E-state index contributed by atoms with van der Waals surface area (Å²) >= 11 is 1.52. The Labute approximate surface area is 132 Å². The monoisotopic (exact) mass is 333 g/mol. The van der Waals surface area contributed by atoms with Gasteiger partial charge in [0.15, 0.2) is 0 Å². The summed E-state index contributed by atoms with van der Waals surface area (Å²) in [5.41, 5.74) is 2.54. The zero-order valence-electron chi connectivity index (χ0n) is 11.3. The summed E-state index contributed by atoms with van der Waals surface area (Å²) in [6.07, 6.45) is 3.09. The molecule has 22 heavy (non-hydrogen) atoms. The summed E-state index contributed by atoms with van der Waals surface area (Å²) in [4.78, 5) is 4.84. The minimum Gasteiger partial charge on any atom is -0.269 e. The number of nitrogens with zero attached hydrogens (tertiary/aromatic N) is 3. The molecule has 1 N–H and O–H groups in total. The van der Waals surface area contributed by atoms with Crippen molar-refractivity contribution >= 4 is 27.8 Å². The Kier molecular flexibility index (Phi) is 3.78. The van der Waals surface area contributed by atoms with Gasteiger partial charge in [0.05, 0.1) is 23.5 Å². The molecule has 3 rings (SSSR count). The number of fused-ring (bicyclic) bond motifs is 1. The molecule has 0 amide bonds. The summed E-state index contributed by atoms with van der Waals surface area (Å²) in [5.74, 6) is 0.542. The Morgan fingerprint density at radius 3 is 2.64 bits per heavy atom. The van der Waals surface area contributed by atoms with Crippen molar-refractivity contribution < 1.29 is 13.0 Å². The molecule has 2 heterocycles. The summed E-state index contributed by atoms with van der Waals surface area (Å²) < 4.78 is 33.3. The highest BCUT2D eigenvalue weighted by atomic mass is 32.2. The summed E-state index contributed by atoms with van der Waals surface area (Å²) in [6.45, 7) is 0.203. The van der Waals surface area contributed by atoms with E-state index in [-0.39, 0.29) is 6.54 Å². The van der Waals surface area contributed by atoms with Crippen LogP contribution in [0, 0.1) is 11.3 Å². The van der Waals surface area contributed by atoms with Crippen molar-refractivity contribution in [3.05, 3.63) is 42.2 Å². The van der Waals surface area contributed by atoms with Crippen LogP contribution in [0.3, 0.4) is 0 Å². The van der Waals surface area contributed by atoms with Gasteiger partial charge in [-0.2, -0.15) is 13.7 Å². The van der Waals surface area contributed by atoms with Crippen LogP contribution in [-0.2, 0) is 10.3 Å². The van der Waals surface area contributed by atoms with Crippen LogP contribution in [0.15, 0.2) is 41.6 Å². The molecule has 0 bridgehead atoms. The van der Waals surface area contributed by atoms with Gasteiger partial charge in [0.2, 0.25) is 0 Å². The smallest absolute Gasteiger partial charge is 0.269 e. The van der Waals surface area contributed by atoms with Crippen LogP contribution in [0.4, 0.5) is 5.69 Å². The van der Waals surface area contributed by atoms with E-state index in [9.17, 15) is 13.0 Å². The lowest BCUT2D eigenvalue weighted by atomic mass is 10.1. The van der Waals surface area contributed by atoms with Crippen LogP contribution < -0.4 is 4.31 Å². The summed E-state index contributed by atoms with van der Waals surface area (Å²) in [7, 11) is -4.31. The van der Waals surface area contributed by atoms with Gasteiger partial charge in [-0.3, -0.25) is 9.54 Å². The van der Waals surface area contributed by atoms with Crippen LogP contribution in [0.2, 0.25) is 0 Å². The lowest BCUT2D eigenvalue weighted by Gasteiger charge is -2.28. The molecule has 8 heteroatoms. The second-order valence-corrected chi connectivity index (χ2v) is 7.06. The standard InChI is InChI=1S/C14H11N3O3S2/c15-7-10-1-3-11(4-2-10)12-8-16-9-13-14(12)21-6-5-17(13)22(18,19)20/h1-4,8-9H,5-6H2,(H,18,19,20). The maximum Gasteiger partial charge on any atom is 0.360 e. The average molecular weight is 333 g/mol. The Bertz CT molecular complexity index is 858. The van der Waals surface area contributed by atoms with Crippen molar-refractivity contribution in [1.29, 1.82) is 5.26 Å². The van der Waals surface area contributed by atoms with Crippen molar-refractivity contribution in [2.45, 2.75) is 4.90 Å². The van der Waals surface area contributed by atoms with Crippen LogP contribution in [0.25, 0.3) is 11.1 Å². The number of nitriles is 1. The van der Waals surface area contributed by atoms with Crippen molar-refractivity contribution in [2.75, 3.05) is 16.6 Å². The Morgan fingerprint density at radius 2 is 2.00 bits per heavy atom. The van der Waals surface area contributed by atoms with Crippen molar-refractivity contribution in [2.24, 2.45) is 0 Å². The molecular weight excluding hydrogens is 322 g/mol. The van der Waals surface area contributed by atoms with Crippen LogP contribution >= 0.6 is 11.8 Å². The third-order valence-corrected chi connectivity index (χ3v) is 5.33. The van der Waals surface area contributed by atoms with Crippen molar-refractivity contribution in [1.82, 2.24) is 4.98 Å². The van der Waals surface area contributed by atoms with Gasteiger partial charge >= 0.3 is 10.3 Å². The molecule has 0 fully saturated rings. The van der Waals surface area contributed by atoms with E-state index in [2.05, 4.69) is 11.1 Å². The molecule has 0 radical (unpaired) electrons. The van der Waals surface area contributed by atoms with Crippen LogP contribution in [0.1, 0.15) is 5.56 Å². The highest BCUT2D eigenvalue weighted by Gasteiger charge is 2.28. The second kappa shape index (κ2) is 5.61. The first kappa shape index (κ1) is 14.8. The third-order valence-electron chi connectivity index (χ3n) is 3.29. The van der Waals surface area contributed by atoms with E-state index in [4.69, 9.17) is 5.26 Å². The molecule has 0 aliphatic carbocycles. The van der Waals surface area contributed by atoms with Gasteiger partial charge in [0.25, 0.3) is 0 Å². The lowest BCUT2D eigenvalue weighted by molar-refractivity contribution is 0.478. The Hall–Kier alpha value is -2.08. The van der Waals surface area contributed by atoms with Crippen LogP contribution in [-0.4, -0.2) is 30.3 Å². The molecule has 1 aliphatic rings. The number of anilines is 1. The molecule has 0 spiro atoms. The first-order valence-electron chi connectivity index (χ1n) is 6.37. The molecule has 1 aromatic heterocycles. The first-order chi connectivity index (χ1) is 10.5. The number of hydrogen-bond acceptors (Lipinski definition) is 5. The number of rotatable bonds is 2. The molecule has 6 nitrogen and oxygen atoms in total. The summed E-state index contributed by atoms with van der Waals surface area (Å²) in [6, 6.07) is 9.04. The average Bonchev–Trinajstić information content (AvgIpc) is 2.53. The van der Waals surface area contributed by atoms with Gasteiger partial charge in [-0.1, -0.05) is 12.1 Å². The molecule has 2 aromatic rings. The fourth-order valence-electron chi connectivity index (χ4n) is 2.29. The molecule has 0 saturated heterocycles. The highest BCUT2D eigenvalue weighted by molar-refractivity contribution is 8.00. The third kappa shape index (κ3) is 2.66. The van der Waals surface area contributed by atoms with Gasteiger partial charge in [0, 0.05) is 29.0 Å². The predicted octanol–water partition coefficient (Wildman–Crippen LogP) is 2.34. The van der Waals surface area contributed by atoms with Crippen LogP contribution in [0.5, 0.6) is 0 Å². The molecule has 0 atom stereocenters. The maximum absolute atomic E-state index is 11.5. The van der Waals surface area contributed by atoms with E-state index in [0.29, 0.717) is 17.0 Å². The quantitative estimate of drug-likeness (QED) is 0.848. The number of hydrogen-bond donors (Lipinski definition) is 1. The lowest BCUT2D eigenvalue weighted by Crippen LogP contribution is -2.35. The van der Waals surface area contributed by atoms with E-state index in [0.717, 1.165) is 20.3 Å². The Balaban J connectivity index is 2.13. The van der Waals surface area contributed by atoms with E-state index < -0.39 is 10.3 Å². The maximum atomic E-state index is 11.5. The molecule has 0 saturated carbocycles. The van der Waals surface area contributed by atoms with Crippen molar-refractivity contribution in [3.8, 4) is 17.2 Å².